The van der Waals surface area contributed by atoms with Crippen LogP contribution in [0.1, 0.15) is 58.7 Å². The number of likely N-dealkylation sites (tertiary alicyclic amines) is 1. The Morgan fingerprint density at radius 3 is 2.67 bits per heavy atom. The Labute approximate surface area is 159 Å². The number of hydrogen-bond acceptors (Lipinski definition) is 4. The molecule has 0 aromatic carbocycles. The van der Waals surface area contributed by atoms with Crippen LogP contribution in [0.25, 0.3) is 0 Å². The zero-order valence-corrected chi connectivity index (χ0v) is 16.7. The summed E-state index contributed by atoms with van der Waals surface area (Å²) in [5.74, 6) is 0.800. The van der Waals surface area contributed by atoms with Gasteiger partial charge >= 0.3 is 5.69 Å². The molecular weight excluding hydrogens is 346 g/mol. The zero-order chi connectivity index (χ0) is 19.6. The van der Waals surface area contributed by atoms with Crippen molar-refractivity contribution in [3.8, 4) is 0 Å². The fourth-order valence-electron chi connectivity index (χ4n) is 3.87. The molecule has 8 nitrogen and oxygen atoms in total. The normalized spacial score (nSPS) is 19.8. The molecule has 1 aromatic heterocycles. The van der Waals surface area contributed by atoms with E-state index < -0.39 is 5.41 Å². The van der Waals surface area contributed by atoms with E-state index in [1.165, 1.54) is 4.68 Å². The molecule has 1 aromatic rings. The van der Waals surface area contributed by atoms with Crippen LogP contribution >= 0.6 is 0 Å². The molecule has 0 bridgehead atoms. The second-order valence-corrected chi connectivity index (χ2v) is 8.58. The van der Waals surface area contributed by atoms with E-state index in [1.807, 2.05) is 20.8 Å². The molecule has 3 heterocycles. The summed E-state index contributed by atoms with van der Waals surface area (Å²) >= 11 is 0. The van der Waals surface area contributed by atoms with Crippen molar-refractivity contribution in [2.75, 3.05) is 13.1 Å². The Kier molecular flexibility index (Phi) is 5.72. The van der Waals surface area contributed by atoms with Crippen molar-refractivity contribution in [1.82, 2.24) is 24.6 Å². The molecule has 150 valence electrons. The molecule has 1 fully saturated rings. The highest BCUT2D eigenvalue weighted by Gasteiger charge is 2.38. The molecule has 2 aliphatic heterocycles. The summed E-state index contributed by atoms with van der Waals surface area (Å²) in [7, 11) is 0. The first-order valence-corrected chi connectivity index (χ1v) is 10.0. The van der Waals surface area contributed by atoms with Gasteiger partial charge < -0.3 is 10.2 Å². The van der Waals surface area contributed by atoms with Crippen molar-refractivity contribution in [2.24, 2.45) is 5.41 Å². The summed E-state index contributed by atoms with van der Waals surface area (Å²) in [4.78, 5) is 39.1. The first-order valence-electron chi connectivity index (χ1n) is 10.0. The topological polar surface area (TPSA) is 89.2 Å². The van der Waals surface area contributed by atoms with Gasteiger partial charge in [0.25, 0.3) is 0 Å². The summed E-state index contributed by atoms with van der Waals surface area (Å²) in [6, 6.07) is -0.376. The third-order valence-electron chi connectivity index (χ3n) is 5.34. The number of aromatic nitrogens is 3. The maximum absolute atomic E-state index is 12.5. The molecule has 0 aliphatic carbocycles. The number of nitrogens with zero attached hydrogens (tertiary/aromatic N) is 4. The van der Waals surface area contributed by atoms with Gasteiger partial charge in [0.05, 0.1) is 0 Å². The summed E-state index contributed by atoms with van der Waals surface area (Å²) in [5.41, 5.74) is -0.529. The maximum Gasteiger partial charge on any atom is 0.345 e. The Hall–Kier alpha value is -2.12. The van der Waals surface area contributed by atoms with Crippen LogP contribution in [0.5, 0.6) is 0 Å². The van der Waals surface area contributed by atoms with E-state index in [1.54, 1.807) is 9.47 Å². The smallest absolute Gasteiger partial charge is 0.345 e. The summed E-state index contributed by atoms with van der Waals surface area (Å²) in [5, 5.41) is 7.34. The van der Waals surface area contributed by atoms with Crippen LogP contribution < -0.4 is 11.0 Å². The molecule has 2 aliphatic rings. The summed E-state index contributed by atoms with van der Waals surface area (Å²) in [6.07, 6.45) is 5.17. The number of nitrogens with one attached hydrogen (secondary N) is 1. The quantitative estimate of drug-likeness (QED) is 0.773. The molecule has 1 saturated heterocycles. The monoisotopic (exact) mass is 377 g/mol. The van der Waals surface area contributed by atoms with E-state index in [4.69, 9.17) is 0 Å². The Morgan fingerprint density at radius 2 is 1.96 bits per heavy atom. The second kappa shape index (κ2) is 7.86. The van der Waals surface area contributed by atoms with Crippen molar-refractivity contribution in [2.45, 2.75) is 78.4 Å². The highest BCUT2D eigenvalue weighted by molar-refractivity contribution is 5.90. The molecule has 8 heteroatoms. The first-order chi connectivity index (χ1) is 12.8. The van der Waals surface area contributed by atoms with Gasteiger partial charge in [0, 0.05) is 38.0 Å². The number of amides is 2. The predicted molar refractivity (Wildman–Crippen MR) is 101 cm³/mol. The molecule has 0 radical (unpaired) electrons. The predicted octanol–water partition coefficient (Wildman–Crippen LogP) is 0.925. The molecule has 1 unspecified atom stereocenters. The standard InChI is InChI=1S/C19H31N5O3/c1-19(2,3)17(26)22-12-6-8-14(22)16(25)20-10-7-13-24-18(27)23-11-5-4-9-15(23)21-24/h14H,4-13H2,1-3H3,(H,20,25). The molecule has 0 saturated carbocycles. The summed E-state index contributed by atoms with van der Waals surface area (Å²) < 4.78 is 3.27. The molecule has 1 atom stereocenters. The molecule has 2 amide bonds. The number of hydrogen-bond donors (Lipinski definition) is 1. The average molecular weight is 377 g/mol. The number of carbonyl (C=O) groups is 2. The van der Waals surface area contributed by atoms with Crippen molar-refractivity contribution in [3.63, 3.8) is 0 Å². The average Bonchev–Trinajstić information content (AvgIpc) is 3.23. The van der Waals surface area contributed by atoms with Gasteiger partial charge in [0.1, 0.15) is 11.9 Å². The molecular formula is C19H31N5O3. The molecule has 0 spiro atoms. The van der Waals surface area contributed by atoms with E-state index in [-0.39, 0.29) is 23.5 Å². The van der Waals surface area contributed by atoms with E-state index in [2.05, 4.69) is 10.4 Å². The largest absolute Gasteiger partial charge is 0.354 e. The fraction of sp³-hybridized carbons (Fsp3) is 0.789. The van der Waals surface area contributed by atoms with E-state index >= 15 is 0 Å². The highest BCUT2D eigenvalue weighted by atomic mass is 16.2. The van der Waals surface area contributed by atoms with Crippen LogP contribution in [0.2, 0.25) is 0 Å². The summed E-state index contributed by atoms with van der Waals surface area (Å²) in [6.45, 7) is 8.00. The maximum atomic E-state index is 12.5. The van der Waals surface area contributed by atoms with Crippen molar-refractivity contribution >= 4 is 11.8 Å². The second-order valence-electron chi connectivity index (χ2n) is 8.58. The minimum absolute atomic E-state index is 0.0234. The van der Waals surface area contributed by atoms with E-state index in [0.29, 0.717) is 32.5 Å². The third kappa shape index (κ3) is 4.25. The van der Waals surface area contributed by atoms with Gasteiger partial charge in [-0.05, 0) is 32.1 Å². The van der Waals surface area contributed by atoms with Crippen LogP contribution in [-0.2, 0) is 29.1 Å². The zero-order valence-electron chi connectivity index (χ0n) is 16.7. The number of aryl methyl sites for hydroxylation is 2. The fourth-order valence-corrected chi connectivity index (χ4v) is 3.87. The lowest BCUT2D eigenvalue weighted by atomic mass is 9.94. The van der Waals surface area contributed by atoms with Gasteiger partial charge in [-0.15, -0.1) is 0 Å². The van der Waals surface area contributed by atoms with Crippen LogP contribution in [0.3, 0.4) is 0 Å². The SMILES string of the molecule is CC(C)(C)C(=O)N1CCCC1C(=O)NCCCn1nc2n(c1=O)CCCC2. The lowest BCUT2D eigenvalue weighted by Gasteiger charge is -2.30. The van der Waals surface area contributed by atoms with E-state index in [0.717, 1.165) is 38.1 Å². The molecule has 1 N–H and O–H groups in total. The Morgan fingerprint density at radius 1 is 1.19 bits per heavy atom. The lowest BCUT2D eigenvalue weighted by molar-refractivity contribution is -0.144. The number of carbonyl (C=O) groups excluding carboxylic acids is 2. The molecule has 27 heavy (non-hydrogen) atoms. The Bertz CT molecular complexity index is 758. The van der Waals surface area contributed by atoms with Crippen LogP contribution in [0, 0.1) is 5.41 Å². The minimum atomic E-state index is -0.482. The van der Waals surface area contributed by atoms with Crippen molar-refractivity contribution in [1.29, 1.82) is 0 Å². The van der Waals surface area contributed by atoms with Gasteiger partial charge in [-0.25, -0.2) is 9.48 Å². The van der Waals surface area contributed by atoms with Crippen LogP contribution in [-0.4, -0.2) is 50.2 Å². The van der Waals surface area contributed by atoms with Gasteiger partial charge in [-0.1, -0.05) is 20.8 Å². The van der Waals surface area contributed by atoms with Gasteiger partial charge in [0.15, 0.2) is 0 Å². The highest BCUT2D eigenvalue weighted by Crippen LogP contribution is 2.25. The minimum Gasteiger partial charge on any atom is -0.354 e. The first kappa shape index (κ1) is 19.6. The van der Waals surface area contributed by atoms with Crippen LogP contribution in [0.15, 0.2) is 4.79 Å². The van der Waals surface area contributed by atoms with Gasteiger partial charge in [-0.3, -0.25) is 14.2 Å². The van der Waals surface area contributed by atoms with Crippen molar-refractivity contribution < 1.29 is 9.59 Å². The third-order valence-corrected chi connectivity index (χ3v) is 5.34. The Balaban J connectivity index is 1.49. The number of fused-ring (bicyclic) bond motifs is 1. The van der Waals surface area contributed by atoms with E-state index in [9.17, 15) is 14.4 Å². The number of rotatable bonds is 5. The molecule has 3 rings (SSSR count). The van der Waals surface area contributed by atoms with Gasteiger partial charge in [0.2, 0.25) is 11.8 Å². The van der Waals surface area contributed by atoms with Crippen LogP contribution in [0.4, 0.5) is 0 Å². The van der Waals surface area contributed by atoms with Gasteiger partial charge in [-0.2, -0.15) is 5.10 Å². The lowest BCUT2D eigenvalue weighted by Crippen LogP contribution is -2.49. The van der Waals surface area contributed by atoms with Crippen molar-refractivity contribution in [3.05, 3.63) is 16.3 Å².